The van der Waals surface area contributed by atoms with Crippen molar-refractivity contribution in [2.75, 3.05) is 0 Å². The molecule has 0 aromatic heterocycles. The Hall–Kier alpha value is -1.84. The molecule has 1 saturated heterocycles. The van der Waals surface area contributed by atoms with Gasteiger partial charge < -0.3 is 19.5 Å². The quantitative estimate of drug-likeness (QED) is 0.766. The number of carbonyl (C=O) groups is 3. The highest BCUT2D eigenvalue weighted by molar-refractivity contribution is 5.82. The summed E-state index contributed by atoms with van der Waals surface area (Å²) < 4.78 is 52.0. The Morgan fingerprint density at radius 2 is 1.68 bits per heavy atom. The third-order valence-electron chi connectivity index (χ3n) is 2.85. The number of hydrogen-bond donors (Lipinski definition) is 1. The molecule has 0 radical (unpaired) electrons. The summed E-state index contributed by atoms with van der Waals surface area (Å²) in [5.74, 6) is -3.60. The summed E-state index contributed by atoms with van der Waals surface area (Å²) in [6.45, 7) is 3.61. The molecule has 0 aliphatic carbocycles. The molecule has 1 aliphatic heterocycles. The smallest absolute Gasteiger partial charge is 0.458 e. The number of amides is 1. The van der Waals surface area contributed by atoms with E-state index < -0.39 is 48.6 Å². The van der Waals surface area contributed by atoms with E-state index >= 15 is 0 Å². The molecule has 7 nitrogen and oxygen atoms in total. The highest BCUT2D eigenvalue weighted by atomic mass is 19.4. The fourth-order valence-corrected chi connectivity index (χ4v) is 2.06. The van der Waals surface area contributed by atoms with E-state index in [0.29, 0.717) is 0 Å². The predicted octanol–water partition coefficient (Wildman–Crippen LogP) is 0.663. The maximum atomic E-state index is 12.4. The van der Waals surface area contributed by atoms with Gasteiger partial charge in [-0.15, -0.1) is 0 Å². The minimum Gasteiger partial charge on any atom is -0.458 e. The van der Waals surface area contributed by atoms with Gasteiger partial charge in [-0.25, -0.2) is 0 Å². The number of esters is 2. The molecular weight excluding hydrogens is 311 g/mol. The molecule has 0 saturated carbocycles. The van der Waals surface area contributed by atoms with Gasteiger partial charge in [0, 0.05) is 20.3 Å². The van der Waals surface area contributed by atoms with Crippen molar-refractivity contribution >= 4 is 17.8 Å². The summed E-state index contributed by atoms with van der Waals surface area (Å²) >= 11 is 0. The standard InChI is InChI=1S/C12H16F3NO6/c1-5-10(22-7(3)18)8(16-11(19)12(13,14)15)4-9(20-5)21-6(2)17/h5,8-10H,4H2,1-3H3,(H,16,19)/t5-,8+,9-,10+/m0/s1. The molecule has 0 bridgehead atoms. The molecule has 0 aromatic carbocycles. The van der Waals surface area contributed by atoms with E-state index in [-0.39, 0.29) is 6.42 Å². The van der Waals surface area contributed by atoms with Gasteiger partial charge in [0.1, 0.15) is 6.10 Å². The maximum Gasteiger partial charge on any atom is 0.471 e. The van der Waals surface area contributed by atoms with Crippen LogP contribution in [0.3, 0.4) is 0 Å². The van der Waals surface area contributed by atoms with Gasteiger partial charge in [-0.3, -0.25) is 14.4 Å². The Bertz CT molecular complexity index is 453. The highest BCUT2D eigenvalue weighted by Crippen LogP contribution is 2.25. The van der Waals surface area contributed by atoms with Gasteiger partial charge in [0.15, 0.2) is 0 Å². The first-order chi connectivity index (χ1) is 10.0. The van der Waals surface area contributed by atoms with Crippen LogP contribution in [-0.2, 0) is 28.6 Å². The average molecular weight is 327 g/mol. The molecule has 1 amide bonds. The van der Waals surface area contributed by atoms with E-state index in [2.05, 4.69) is 0 Å². The minimum absolute atomic E-state index is 0.274. The number of rotatable bonds is 3. The second kappa shape index (κ2) is 6.95. The van der Waals surface area contributed by atoms with Crippen molar-refractivity contribution in [2.24, 2.45) is 0 Å². The van der Waals surface area contributed by atoms with Gasteiger partial charge in [-0.1, -0.05) is 0 Å². The van der Waals surface area contributed by atoms with Crippen LogP contribution >= 0.6 is 0 Å². The summed E-state index contributed by atoms with van der Waals surface area (Å²) in [5, 5.41) is 1.74. The normalized spacial score (nSPS) is 28.6. The van der Waals surface area contributed by atoms with E-state index in [4.69, 9.17) is 14.2 Å². The van der Waals surface area contributed by atoms with Crippen molar-refractivity contribution in [3.05, 3.63) is 0 Å². The summed E-state index contributed by atoms with van der Waals surface area (Å²) in [6, 6.07) is -1.20. The van der Waals surface area contributed by atoms with Gasteiger partial charge in [0.05, 0.1) is 12.1 Å². The monoisotopic (exact) mass is 327 g/mol. The Balaban J connectivity index is 2.88. The molecule has 0 unspecified atom stereocenters. The molecule has 10 heteroatoms. The molecular formula is C12H16F3NO6. The molecule has 4 atom stereocenters. The van der Waals surface area contributed by atoms with Crippen molar-refractivity contribution in [1.29, 1.82) is 0 Å². The number of ether oxygens (including phenoxy) is 3. The number of carbonyl (C=O) groups excluding carboxylic acids is 3. The summed E-state index contributed by atoms with van der Waals surface area (Å²) in [5.41, 5.74) is 0. The van der Waals surface area contributed by atoms with Crippen molar-refractivity contribution in [3.63, 3.8) is 0 Å². The zero-order valence-electron chi connectivity index (χ0n) is 12.1. The zero-order chi connectivity index (χ0) is 17.1. The summed E-state index contributed by atoms with van der Waals surface area (Å²) in [4.78, 5) is 33.0. The van der Waals surface area contributed by atoms with Crippen LogP contribution in [0.25, 0.3) is 0 Å². The summed E-state index contributed by atoms with van der Waals surface area (Å²) in [7, 11) is 0. The highest BCUT2D eigenvalue weighted by Gasteiger charge is 2.45. The fourth-order valence-electron chi connectivity index (χ4n) is 2.06. The van der Waals surface area contributed by atoms with Crippen molar-refractivity contribution in [3.8, 4) is 0 Å². The Labute approximate surface area is 124 Å². The molecule has 0 aromatic rings. The summed E-state index contributed by atoms with van der Waals surface area (Å²) in [6.07, 6.45) is -8.50. The fraction of sp³-hybridized carbons (Fsp3) is 0.750. The molecule has 0 spiro atoms. The molecule has 1 N–H and O–H groups in total. The predicted molar refractivity (Wildman–Crippen MR) is 64.3 cm³/mol. The average Bonchev–Trinajstić information content (AvgIpc) is 2.31. The first-order valence-corrected chi connectivity index (χ1v) is 6.38. The first-order valence-electron chi connectivity index (χ1n) is 6.38. The van der Waals surface area contributed by atoms with Crippen LogP contribution in [-0.4, -0.2) is 48.6 Å². The lowest BCUT2D eigenvalue weighted by molar-refractivity contribution is -0.230. The number of nitrogens with one attached hydrogen (secondary N) is 1. The van der Waals surface area contributed by atoms with Crippen LogP contribution in [0.15, 0.2) is 0 Å². The third kappa shape index (κ3) is 5.17. The number of alkyl halides is 3. The second-order valence-electron chi connectivity index (χ2n) is 4.77. The van der Waals surface area contributed by atoms with Gasteiger partial charge in [0.2, 0.25) is 6.29 Å². The molecule has 1 heterocycles. The van der Waals surface area contributed by atoms with Crippen LogP contribution < -0.4 is 5.32 Å². The number of hydrogen-bond acceptors (Lipinski definition) is 6. The van der Waals surface area contributed by atoms with Crippen LogP contribution in [0, 0.1) is 0 Å². The Morgan fingerprint density at radius 1 is 1.14 bits per heavy atom. The second-order valence-corrected chi connectivity index (χ2v) is 4.77. The first kappa shape index (κ1) is 18.2. The largest absolute Gasteiger partial charge is 0.471 e. The van der Waals surface area contributed by atoms with Crippen LogP contribution in [0.2, 0.25) is 0 Å². The van der Waals surface area contributed by atoms with Gasteiger partial charge >= 0.3 is 24.0 Å². The SMILES string of the molecule is CC(=O)O[C@H]1C[C@@H](NC(=O)C(F)(F)F)[C@H](OC(C)=O)[C@H](C)O1. The van der Waals surface area contributed by atoms with Crippen molar-refractivity contribution in [1.82, 2.24) is 5.32 Å². The number of halogens is 3. The molecule has 1 aliphatic rings. The van der Waals surface area contributed by atoms with Crippen molar-refractivity contribution in [2.45, 2.75) is 57.9 Å². The van der Waals surface area contributed by atoms with E-state index in [1.165, 1.54) is 6.92 Å². The Kier molecular flexibility index (Phi) is 5.75. The maximum absolute atomic E-state index is 12.4. The lowest BCUT2D eigenvalue weighted by Crippen LogP contribution is -2.58. The molecule has 1 fully saturated rings. The zero-order valence-corrected chi connectivity index (χ0v) is 12.1. The third-order valence-corrected chi connectivity index (χ3v) is 2.85. The van der Waals surface area contributed by atoms with E-state index in [9.17, 15) is 27.6 Å². The minimum atomic E-state index is -5.08. The van der Waals surface area contributed by atoms with Crippen LogP contribution in [0.5, 0.6) is 0 Å². The lowest BCUT2D eigenvalue weighted by atomic mass is 9.99. The topological polar surface area (TPSA) is 90.9 Å². The Morgan fingerprint density at radius 3 is 2.14 bits per heavy atom. The lowest BCUT2D eigenvalue weighted by Gasteiger charge is -2.39. The van der Waals surface area contributed by atoms with E-state index in [1.54, 1.807) is 5.32 Å². The molecule has 22 heavy (non-hydrogen) atoms. The van der Waals surface area contributed by atoms with Gasteiger partial charge in [-0.2, -0.15) is 13.2 Å². The van der Waals surface area contributed by atoms with E-state index in [1.807, 2.05) is 0 Å². The van der Waals surface area contributed by atoms with Crippen LogP contribution in [0.1, 0.15) is 27.2 Å². The van der Waals surface area contributed by atoms with Crippen LogP contribution in [0.4, 0.5) is 13.2 Å². The van der Waals surface area contributed by atoms with Crippen molar-refractivity contribution < 1.29 is 41.8 Å². The molecule has 1 rings (SSSR count). The van der Waals surface area contributed by atoms with Gasteiger partial charge in [-0.05, 0) is 6.92 Å². The van der Waals surface area contributed by atoms with Gasteiger partial charge in [0.25, 0.3) is 0 Å². The van der Waals surface area contributed by atoms with E-state index in [0.717, 1.165) is 13.8 Å². The molecule has 126 valence electrons.